The molecule has 30 heavy (non-hydrogen) atoms. The maximum atomic E-state index is 11.0. The summed E-state index contributed by atoms with van der Waals surface area (Å²) in [5.41, 5.74) is 3.56. The van der Waals surface area contributed by atoms with Gasteiger partial charge in [-0.2, -0.15) is 0 Å². The van der Waals surface area contributed by atoms with Crippen molar-refractivity contribution in [2.45, 2.75) is 20.4 Å². The van der Waals surface area contributed by atoms with E-state index in [1.54, 1.807) is 11.3 Å². The normalized spacial score (nSPS) is 11.8. The van der Waals surface area contributed by atoms with Gasteiger partial charge in [0.2, 0.25) is 5.88 Å². The van der Waals surface area contributed by atoms with Crippen molar-refractivity contribution in [3.63, 3.8) is 0 Å². The lowest BCUT2D eigenvalue weighted by Crippen LogP contribution is -1.98. The number of azo groups is 1. The molecule has 0 fully saturated rings. The van der Waals surface area contributed by atoms with Crippen molar-refractivity contribution < 1.29 is 5.11 Å². The Balaban J connectivity index is 1.63. The van der Waals surface area contributed by atoms with Gasteiger partial charge >= 0.3 is 0 Å². The summed E-state index contributed by atoms with van der Waals surface area (Å²) in [5, 5.41) is 21.6. The number of benzene rings is 2. The van der Waals surface area contributed by atoms with Crippen LogP contribution < -0.4 is 0 Å². The molecule has 148 valence electrons. The third kappa shape index (κ3) is 3.04. The van der Waals surface area contributed by atoms with Gasteiger partial charge in [-0.1, -0.05) is 48.5 Å². The third-order valence-corrected chi connectivity index (χ3v) is 6.41. The molecule has 7 heteroatoms. The standard InChI is InChI=1S/C23H19N5OS/c1-14-15(2)30-22-19(14)21(24-13-25-22)27-26-20-17-10-6-7-11-18(17)28(23(20)29)12-16-8-4-3-5-9-16/h3-11,13,29H,12H2,1-2H3. The van der Waals surface area contributed by atoms with E-state index in [0.717, 1.165) is 32.2 Å². The maximum absolute atomic E-state index is 11.0. The van der Waals surface area contributed by atoms with Crippen LogP contribution in [0.15, 0.2) is 71.2 Å². The average Bonchev–Trinajstić information content (AvgIpc) is 3.21. The largest absolute Gasteiger partial charge is 0.493 e. The quantitative estimate of drug-likeness (QED) is 0.345. The van der Waals surface area contributed by atoms with Gasteiger partial charge < -0.3 is 9.67 Å². The van der Waals surface area contributed by atoms with Crippen molar-refractivity contribution in [1.29, 1.82) is 0 Å². The SMILES string of the molecule is Cc1sc2ncnc(N=Nc3c(O)n(Cc4ccccc4)c4ccccc34)c2c1C. The number of para-hydroxylation sites is 1. The summed E-state index contributed by atoms with van der Waals surface area (Å²) < 4.78 is 1.86. The minimum Gasteiger partial charge on any atom is -0.493 e. The number of hydrogen-bond donors (Lipinski definition) is 1. The molecule has 0 aliphatic rings. The molecule has 0 aliphatic carbocycles. The molecule has 0 spiro atoms. The highest BCUT2D eigenvalue weighted by Crippen LogP contribution is 2.41. The van der Waals surface area contributed by atoms with Crippen LogP contribution in [0.4, 0.5) is 11.5 Å². The summed E-state index contributed by atoms with van der Waals surface area (Å²) in [7, 11) is 0. The topological polar surface area (TPSA) is 75.7 Å². The van der Waals surface area contributed by atoms with Gasteiger partial charge in [0, 0.05) is 10.3 Å². The number of hydrogen-bond acceptors (Lipinski definition) is 6. The van der Waals surface area contributed by atoms with E-state index in [0.29, 0.717) is 18.1 Å². The van der Waals surface area contributed by atoms with E-state index >= 15 is 0 Å². The Morgan fingerprint density at radius 3 is 2.57 bits per heavy atom. The number of aryl methyl sites for hydroxylation is 2. The van der Waals surface area contributed by atoms with E-state index in [1.165, 1.54) is 11.2 Å². The number of aromatic hydroxyl groups is 1. The second-order valence-electron chi connectivity index (χ2n) is 7.12. The number of fused-ring (bicyclic) bond motifs is 2. The van der Waals surface area contributed by atoms with E-state index in [2.05, 4.69) is 27.1 Å². The second kappa shape index (κ2) is 7.35. The lowest BCUT2D eigenvalue weighted by molar-refractivity contribution is 0.429. The Labute approximate surface area is 177 Å². The van der Waals surface area contributed by atoms with E-state index in [-0.39, 0.29) is 5.88 Å². The van der Waals surface area contributed by atoms with Crippen molar-refractivity contribution >= 4 is 44.0 Å². The first-order valence-corrected chi connectivity index (χ1v) is 10.4. The highest BCUT2D eigenvalue weighted by Gasteiger charge is 2.17. The van der Waals surface area contributed by atoms with Crippen LogP contribution in [-0.2, 0) is 6.54 Å². The van der Waals surface area contributed by atoms with Gasteiger partial charge in [-0.05, 0) is 31.0 Å². The molecule has 3 aromatic heterocycles. The van der Waals surface area contributed by atoms with Gasteiger partial charge in [-0.25, -0.2) is 9.97 Å². The Kier molecular flexibility index (Phi) is 4.52. The summed E-state index contributed by atoms with van der Waals surface area (Å²) in [6, 6.07) is 17.8. The Hall–Kier alpha value is -3.58. The van der Waals surface area contributed by atoms with Crippen LogP contribution in [0.3, 0.4) is 0 Å². The molecule has 5 rings (SSSR count). The molecular formula is C23H19N5OS. The predicted octanol–water partition coefficient (Wildman–Crippen LogP) is 6.43. The molecule has 1 N–H and O–H groups in total. The third-order valence-electron chi connectivity index (χ3n) is 5.29. The average molecular weight is 414 g/mol. The van der Waals surface area contributed by atoms with Crippen molar-refractivity contribution in [3.05, 3.63) is 76.9 Å². The second-order valence-corrected chi connectivity index (χ2v) is 8.32. The van der Waals surface area contributed by atoms with Crippen LogP contribution >= 0.6 is 11.3 Å². The number of aromatic nitrogens is 3. The van der Waals surface area contributed by atoms with Gasteiger partial charge in [-0.3, -0.25) is 0 Å². The lowest BCUT2D eigenvalue weighted by Gasteiger charge is -2.06. The van der Waals surface area contributed by atoms with Crippen molar-refractivity contribution in [1.82, 2.24) is 14.5 Å². The fourth-order valence-electron chi connectivity index (χ4n) is 3.63. The first-order chi connectivity index (χ1) is 14.6. The van der Waals surface area contributed by atoms with Crippen LogP contribution in [0.2, 0.25) is 0 Å². The van der Waals surface area contributed by atoms with Gasteiger partial charge in [-0.15, -0.1) is 21.6 Å². The van der Waals surface area contributed by atoms with Crippen molar-refractivity contribution in [2.24, 2.45) is 10.2 Å². The van der Waals surface area contributed by atoms with Crippen LogP contribution in [0.5, 0.6) is 5.88 Å². The van der Waals surface area contributed by atoms with Crippen LogP contribution in [0, 0.1) is 13.8 Å². The maximum Gasteiger partial charge on any atom is 0.221 e. The van der Waals surface area contributed by atoms with Crippen LogP contribution in [0.1, 0.15) is 16.0 Å². The van der Waals surface area contributed by atoms with E-state index < -0.39 is 0 Å². The molecule has 0 bridgehead atoms. The summed E-state index contributed by atoms with van der Waals surface area (Å²) in [4.78, 5) is 10.8. The molecule has 0 saturated heterocycles. The molecule has 0 radical (unpaired) electrons. The highest BCUT2D eigenvalue weighted by atomic mass is 32.1. The molecular weight excluding hydrogens is 394 g/mol. The minimum atomic E-state index is 0.0901. The Morgan fingerprint density at radius 1 is 0.967 bits per heavy atom. The molecule has 0 saturated carbocycles. The van der Waals surface area contributed by atoms with E-state index in [1.807, 2.05) is 66.1 Å². The predicted molar refractivity (Wildman–Crippen MR) is 120 cm³/mol. The van der Waals surface area contributed by atoms with Gasteiger partial charge in [0.15, 0.2) is 11.5 Å². The van der Waals surface area contributed by atoms with Gasteiger partial charge in [0.05, 0.1) is 17.4 Å². The van der Waals surface area contributed by atoms with E-state index in [9.17, 15) is 5.11 Å². The van der Waals surface area contributed by atoms with Gasteiger partial charge in [0.25, 0.3) is 0 Å². The fourth-order valence-corrected chi connectivity index (χ4v) is 4.62. The molecule has 5 aromatic rings. The van der Waals surface area contributed by atoms with Crippen LogP contribution in [0.25, 0.3) is 21.1 Å². The fraction of sp³-hybridized carbons (Fsp3) is 0.130. The smallest absolute Gasteiger partial charge is 0.221 e. The number of thiophene rings is 1. The van der Waals surface area contributed by atoms with Crippen LogP contribution in [-0.4, -0.2) is 19.6 Å². The molecule has 6 nitrogen and oxygen atoms in total. The number of rotatable bonds is 4. The summed E-state index contributed by atoms with van der Waals surface area (Å²) >= 11 is 1.62. The van der Waals surface area contributed by atoms with Crippen molar-refractivity contribution in [3.8, 4) is 5.88 Å². The van der Waals surface area contributed by atoms with Gasteiger partial charge in [0.1, 0.15) is 11.2 Å². The van der Waals surface area contributed by atoms with E-state index in [4.69, 9.17) is 0 Å². The monoisotopic (exact) mass is 413 g/mol. The Bertz CT molecular complexity index is 1400. The zero-order valence-corrected chi connectivity index (χ0v) is 17.4. The molecule has 0 amide bonds. The molecule has 0 aliphatic heterocycles. The summed E-state index contributed by atoms with van der Waals surface area (Å²) in [5.74, 6) is 0.605. The Morgan fingerprint density at radius 2 is 1.73 bits per heavy atom. The zero-order chi connectivity index (χ0) is 20.7. The van der Waals surface area contributed by atoms with Crippen molar-refractivity contribution in [2.75, 3.05) is 0 Å². The molecule has 0 atom stereocenters. The highest BCUT2D eigenvalue weighted by molar-refractivity contribution is 7.18. The zero-order valence-electron chi connectivity index (χ0n) is 16.6. The molecule has 0 unspecified atom stereocenters. The minimum absolute atomic E-state index is 0.0901. The summed E-state index contributed by atoms with van der Waals surface area (Å²) in [6.07, 6.45) is 1.50. The molecule has 3 heterocycles. The molecule has 2 aromatic carbocycles. The summed E-state index contributed by atoms with van der Waals surface area (Å²) in [6.45, 7) is 4.65. The first-order valence-electron chi connectivity index (χ1n) is 9.60. The lowest BCUT2D eigenvalue weighted by atomic mass is 10.2. The number of nitrogens with zero attached hydrogens (tertiary/aromatic N) is 5. The first kappa shape index (κ1) is 18.4.